The third kappa shape index (κ3) is 3.77. The molecule has 0 aliphatic carbocycles. The number of hydrogen-bond acceptors (Lipinski definition) is 2. The number of carbonyl (C=O) groups excluding carboxylic acids is 1. The highest BCUT2D eigenvalue weighted by atomic mass is 19.1. The smallest absolute Gasteiger partial charge is 0.320 e. The summed E-state index contributed by atoms with van der Waals surface area (Å²) >= 11 is 0. The number of hydrogen-bond donors (Lipinski definition) is 2. The predicted molar refractivity (Wildman–Crippen MR) is 71.2 cm³/mol. The molecule has 2 rings (SSSR count). The third-order valence-electron chi connectivity index (χ3n) is 2.62. The van der Waals surface area contributed by atoms with Crippen LogP contribution in [0.1, 0.15) is 18.5 Å². The Hall–Kier alpha value is -2.43. The molecule has 1 aromatic heterocycles. The maximum Gasteiger partial charge on any atom is 0.320 e. The normalized spacial score (nSPS) is 11.7. The number of nitrogens with zero attached hydrogens (tertiary/aromatic N) is 1. The molecule has 2 aromatic rings. The topological polar surface area (TPSA) is 54.0 Å². The van der Waals surface area contributed by atoms with E-state index in [1.54, 1.807) is 36.5 Å². The van der Waals surface area contributed by atoms with Crippen LogP contribution in [0.15, 0.2) is 48.7 Å². The number of carbonyl (C=O) groups is 1. The Morgan fingerprint density at radius 3 is 2.58 bits per heavy atom. The molecule has 1 unspecified atom stereocenters. The molecule has 2 amide bonds. The molecule has 4 nitrogen and oxygen atoms in total. The molecule has 1 aromatic carbocycles. The third-order valence-corrected chi connectivity index (χ3v) is 2.62. The van der Waals surface area contributed by atoms with E-state index in [-0.39, 0.29) is 17.9 Å². The van der Waals surface area contributed by atoms with Gasteiger partial charge in [-0.2, -0.15) is 0 Å². The lowest BCUT2D eigenvalue weighted by molar-refractivity contribution is 0.249. The lowest BCUT2D eigenvalue weighted by Gasteiger charge is -2.14. The van der Waals surface area contributed by atoms with E-state index >= 15 is 0 Å². The number of rotatable bonds is 3. The number of aromatic nitrogens is 1. The first-order chi connectivity index (χ1) is 9.15. The lowest BCUT2D eigenvalue weighted by Crippen LogP contribution is -2.31. The summed E-state index contributed by atoms with van der Waals surface area (Å²) in [5.41, 5.74) is 0.831. The van der Waals surface area contributed by atoms with E-state index in [0.29, 0.717) is 5.82 Å². The van der Waals surface area contributed by atoms with Gasteiger partial charge in [-0.15, -0.1) is 0 Å². The van der Waals surface area contributed by atoms with E-state index in [0.717, 1.165) is 5.56 Å². The van der Waals surface area contributed by atoms with Crippen molar-refractivity contribution in [2.75, 3.05) is 5.32 Å². The van der Waals surface area contributed by atoms with Crippen molar-refractivity contribution in [1.82, 2.24) is 10.3 Å². The first kappa shape index (κ1) is 13.0. The van der Waals surface area contributed by atoms with E-state index in [9.17, 15) is 9.18 Å². The van der Waals surface area contributed by atoms with Gasteiger partial charge in [-0.1, -0.05) is 18.2 Å². The fourth-order valence-electron chi connectivity index (χ4n) is 1.62. The zero-order valence-electron chi connectivity index (χ0n) is 10.4. The highest BCUT2D eigenvalue weighted by Gasteiger charge is 2.09. The fourth-order valence-corrected chi connectivity index (χ4v) is 1.62. The maximum absolute atomic E-state index is 12.8. The minimum absolute atomic E-state index is 0.218. The van der Waals surface area contributed by atoms with Crippen molar-refractivity contribution >= 4 is 11.8 Å². The minimum atomic E-state index is -0.351. The van der Waals surface area contributed by atoms with Gasteiger partial charge >= 0.3 is 6.03 Å². The zero-order valence-corrected chi connectivity index (χ0v) is 10.4. The van der Waals surface area contributed by atoms with Gasteiger partial charge in [0.1, 0.15) is 11.6 Å². The van der Waals surface area contributed by atoms with Gasteiger partial charge in [0.05, 0.1) is 6.04 Å². The molecule has 0 fully saturated rings. The molecule has 1 heterocycles. The summed E-state index contributed by atoms with van der Waals surface area (Å²) in [5.74, 6) is 0.181. The van der Waals surface area contributed by atoms with Crippen LogP contribution >= 0.6 is 0 Å². The number of benzene rings is 1. The number of amides is 2. The molecule has 98 valence electrons. The lowest BCUT2D eigenvalue weighted by atomic mass is 10.1. The van der Waals surface area contributed by atoms with Crippen molar-refractivity contribution < 1.29 is 9.18 Å². The molecular weight excluding hydrogens is 245 g/mol. The zero-order chi connectivity index (χ0) is 13.7. The maximum atomic E-state index is 12.8. The second-order valence-corrected chi connectivity index (χ2v) is 4.09. The highest BCUT2D eigenvalue weighted by molar-refractivity contribution is 5.88. The summed E-state index contributed by atoms with van der Waals surface area (Å²) < 4.78 is 12.8. The van der Waals surface area contributed by atoms with E-state index in [1.807, 2.05) is 6.92 Å². The Labute approximate surface area is 110 Å². The molecular formula is C14H14FN3O. The van der Waals surface area contributed by atoms with Crippen LogP contribution in [0.5, 0.6) is 0 Å². The van der Waals surface area contributed by atoms with Gasteiger partial charge in [0.25, 0.3) is 0 Å². The fraction of sp³-hybridized carbons (Fsp3) is 0.143. The number of anilines is 1. The molecule has 2 N–H and O–H groups in total. The SMILES string of the molecule is CC(NC(=O)Nc1ccccn1)c1ccc(F)cc1. The molecule has 1 atom stereocenters. The number of urea groups is 1. The monoisotopic (exact) mass is 259 g/mol. The average molecular weight is 259 g/mol. The molecule has 0 aliphatic heterocycles. The van der Waals surface area contributed by atoms with E-state index < -0.39 is 0 Å². The molecule has 5 heteroatoms. The Balaban J connectivity index is 1.93. The predicted octanol–water partition coefficient (Wildman–Crippen LogP) is 3.10. The molecule has 0 saturated carbocycles. The number of pyridine rings is 1. The first-order valence-electron chi connectivity index (χ1n) is 5.89. The standard InChI is InChI=1S/C14H14FN3O/c1-10(11-5-7-12(15)8-6-11)17-14(19)18-13-4-2-3-9-16-13/h2-10H,1H3,(H2,16,17,18,19). The molecule has 0 saturated heterocycles. The van der Waals surface area contributed by atoms with Crippen molar-refractivity contribution in [2.45, 2.75) is 13.0 Å². The summed E-state index contributed by atoms with van der Waals surface area (Å²) in [6, 6.07) is 10.7. The summed E-state index contributed by atoms with van der Waals surface area (Å²) in [6.45, 7) is 1.82. The Bertz CT molecular complexity index is 542. The Morgan fingerprint density at radius 1 is 1.21 bits per heavy atom. The van der Waals surface area contributed by atoms with E-state index in [1.165, 1.54) is 12.1 Å². The average Bonchev–Trinajstić information content (AvgIpc) is 2.40. The molecule has 19 heavy (non-hydrogen) atoms. The summed E-state index contributed by atoms with van der Waals surface area (Å²) in [6.07, 6.45) is 1.60. The van der Waals surface area contributed by atoms with Crippen LogP contribution in [0, 0.1) is 5.82 Å². The van der Waals surface area contributed by atoms with Crippen molar-refractivity contribution in [3.63, 3.8) is 0 Å². The second kappa shape index (κ2) is 5.95. The first-order valence-corrected chi connectivity index (χ1v) is 5.89. The van der Waals surface area contributed by atoms with Crippen molar-refractivity contribution in [3.05, 3.63) is 60.0 Å². The van der Waals surface area contributed by atoms with Crippen LogP contribution in [0.3, 0.4) is 0 Å². The van der Waals surface area contributed by atoms with Crippen LogP contribution in [-0.4, -0.2) is 11.0 Å². The van der Waals surface area contributed by atoms with Gasteiger partial charge < -0.3 is 5.32 Å². The van der Waals surface area contributed by atoms with Gasteiger partial charge in [-0.3, -0.25) is 5.32 Å². The Morgan fingerprint density at radius 2 is 1.95 bits per heavy atom. The van der Waals surface area contributed by atoms with Gasteiger partial charge in [-0.05, 0) is 36.8 Å². The van der Waals surface area contributed by atoms with Crippen molar-refractivity contribution in [1.29, 1.82) is 0 Å². The minimum Gasteiger partial charge on any atom is -0.331 e. The van der Waals surface area contributed by atoms with Gasteiger partial charge in [0.2, 0.25) is 0 Å². The van der Waals surface area contributed by atoms with Crippen molar-refractivity contribution in [2.24, 2.45) is 0 Å². The Kier molecular flexibility index (Phi) is 4.07. The van der Waals surface area contributed by atoms with E-state index in [2.05, 4.69) is 15.6 Å². The molecule has 0 radical (unpaired) electrons. The van der Waals surface area contributed by atoms with Crippen LogP contribution in [0.2, 0.25) is 0 Å². The van der Waals surface area contributed by atoms with Crippen LogP contribution in [0.25, 0.3) is 0 Å². The van der Waals surface area contributed by atoms with Gasteiger partial charge in [0.15, 0.2) is 0 Å². The largest absolute Gasteiger partial charge is 0.331 e. The summed E-state index contributed by atoms with van der Waals surface area (Å²) in [7, 11) is 0. The number of nitrogens with one attached hydrogen (secondary N) is 2. The van der Waals surface area contributed by atoms with E-state index in [4.69, 9.17) is 0 Å². The van der Waals surface area contributed by atoms with Crippen LogP contribution < -0.4 is 10.6 Å². The molecule has 0 aliphatic rings. The second-order valence-electron chi connectivity index (χ2n) is 4.09. The van der Waals surface area contributed by atoms with Crippen LogP contribution in [0.4, 0.5) is 15.0 Å². The quantitative estimate of drug-likeness (QED) is 0.889. The number of halogens is 1. The molecule has 0 spiro atoms. The molecule has 0 bridgehead atoms. The van der Waals surface area contributed by atoms with Crippen LogP contribution in [-0.2, 0) is 0 Å². The van der Waals surface area contributed by atoms with Gasteiger partial charge in [-0.25, -0.2) is 14.2 Å². The highest BCUT2D eigenvalue weighted by Crippen LogP contribution is 2.13. The van der Waals surface area contributed by atoms with Gasteiger partial charge in [0, 0.05) is 6.20 Å². The van der Waals surface area contributed by atoms with Crippen molar-refractivity contribution in [3.8, 4) is 0 Å². The summed E-state index contributed by atoms with van der Waals surface area (Å²) in [4.78, 5) is 15.7. The summed E-state index contributed by atoms with van der Waals surface area (Å²) in [5, 5.41) is 5.37.